The largest absolute Gasteiger partial charge is 0.358 e. The molecule has 184 valence electrons. The number of hydrogen-bond donors (Lipinski definition) is 2. The number of hydrogen-bond acceptors (Lipinski definition) is 7. The van der Waals surface area contributed by atoms with Crippen LogP contribution in [0.1, 0.15) is 66.2 Å². The number of aromatic nitrogens is 2. The van der Waals surface area contributed by atoms with Crippen molar-refractivity contribution in [3.8, 4) is 0 Å². The van der Waals surface area contributed by atoms with Crippen LogP contribution in [0.25, 0.3) is 5.65 Å². The molecule has 4 heterocycles. The molecule has 0 aromatic carbocycles. The van der Waals surface area contributed by atoms with Gasteiger partial charge in [-0.1, -0.05) is 13.0 Å². The van der Waals surface area contributed by atoms with Crippen molar-refractivity contribution in [3.05, 3.63) is 68.7 Å². The molecule has 0 radical (unpaired) electrons. The quantitative estimate of drug-likeness (QED) is 0.361. The average Bonchev–Trinajstić information content (AvgIpc) is 2.85. The molecule has 2 N–H and O–H groups in total. The number of carbonyl (C=O) groups is 1. The van der Waals surface area contributed by atoms with Crippen molar-refractivity contribution in [2.24, 2.45) is 4.99 Å². The standard InChI is InChI=1S/C26H31ClN6O2/c1-5-20-21(29-13-16(3)30-20)11-19(28)24-23(22(34)12-27)26(35)33-14-18(10-15(2)25(33)31-24)17-6-8-32(4)9-7-17/h10-11,13-14,17,28-29H,5-9,12H2,1-4H3/b21-11-,28-19?. The van der Waals surface area contributed by atoms with E-state index >= 15 is 0 Å². The van der Waals surface area contributed by atoms with Crippen molar-refractivity contribution >= 4 is 34.5 Å². The summed E-state index contributed by atoms with van der Waals surface area (Å²) in [6, 6.07) is 2.07. The number of rotatable bonds is 6. The molecule has 1 fully saturated rings. The molecule has 0 saturated carbocycles. The third-order valence-electron chi connectivity index (χ3n) is 6.66. The Hall–Kier alpha value is -3.10. The van der Waals surface area contributed by atoms with Crippen LogP contribution in [0.3, 0.4) is 0 Å². The van der Waals surface area contributed by atoms with Gasteiger partial charge in [0.2, 0.25) is 0 Å². The Balaban J connectivity index is 1.84. The lowest BCUT2D eigenvalue weighted by atomic mass is 9.90. The maximum atomic E-state index is 13.6. The van der Waals surface area contributed by atoms with Crippen LogP contribution >= 0.6 is 11.6 Å². The number of fused-ring (bicyclic) bond motifs is 1. The summed E-state index contributed by atoms with van der Waals surface area (Å²) in [7, 11) is 2.11. The van der Waals surface area contributed by atoms with Gasteiger partial charge in [-0.2, -0.15) is 0 Å². The smallest absolute Gasteiger partial charge is 0.269 e. The van der Waals surface area contributed by atoms with Crippen molar-refractivity contribution < 1.29 is 4.79 Å². The van der Waals surface area contributed by atoms with E-state index in [1.54, 1.807) is 12.3 Å². The molecule has 2 aromatic rings. The minimum absolute atomic E-state index is 0.0341. The number of alkyl halides is 1. The molecule has 0 aliphatic carbocycles. The number of likely N-dealkylation sites (tertiary alicyclic amines) is 1. The van der Waals surface area contributed by atoms with Gasteiger partial charge in [0, 0.05) is 12.4 Å². The van der Waals surface area contributed by atoms with Gasteiger partial charge in [0.05, 0.1) is 28.7 Å². The van der Waals surface area contributed by atoms with Gasteiger partial charge in [0.15, 0.2) is 5.78 Å². The number of nitrogens with zero attached hydrogens (tertiary/aromatic N) is 4. The first-order valence-corrected chi connectivity index (χ1v) is 12.4. The number of nitrogens with one attached hydrogen (secondary N) is 2. The lowest BCUT2D eigenvalue weighted by molar-refractivity contribution is 0.101. The van der Waals surface area contributed by atoms with E-state index < -0.39 is 11.3 Å². The van der Waals surface area contributed by atoms with Crippen LogP contribution in [-0.2, 0) is 0 Å². The first kappa shape index (κ1) is 25.0. The number of carbonyl (C=O) groups excluding carboxylic acids is 1. The summed E-state index contributed by atoms with van der Waals surface area (Å²) in [6.07, 6.45) is 7.81. The molecule has 4 rings (SSSR count). The van der Waals surface area contributed by atoms with Crippen LogP contribution in [0.2, 0.25) is 0 Å². The summed E-state index contributed by atoms with van der Waals surface area (Å²) in [6.45, 7) is 7.78. The van der Waals surface area contributed by atoms with Gasteiger partial charge in [0.25, 0.3) is 5.56 Å². The molecular weight excluding hydrogens is 464 g/mol. The molecule has 35 heavy (non-hydrogen) atoms. The number of allylic oxidation sites excluding steroid dienone is 3. The number of piperidine rings is 1. The molecule has 2 aromatic heterocycles. The Labute approximate surface area is 209 Å². The average molecular weight is 495 g/mol. The number of aliphatic imine (C=N–C) groups is 1. The van der Waals surface area contributed by atoms with Gasteiger partial charge in [0.1, 0.15) is 16.9 Å². The highest BCUT2D eigenvalue weighted by Crippen LogP contribution is 2.28. The molecule has 2 aliphatic heterocycles. The van der Waals surface area contributed by atoms with E-state index in [-0.39, 0.29) is 22.8 Å². The topological polar surface area (TPSA) is 103 Å². The van der Waals surface area contributed by atoms with Gasteiger partial charge >= 0.3 is 0 Å². The highest BCUT2D eigenvalue weighted by atomic mass is 35.5. The van der Waals surface area contributed by atoms with E-state index in [1.807, 2.05) is 27.0 Å². The number of Topliss-reactive ketones (excluding diaryl/α,β-unsaturated/α-hetero) is 1. The van der Waals surface area contributed by atoms with E-state index in [2.05, 4.69) is 33.3 Å². The first-order valence-electron chi connectivity index (χ1n) is 11.9. The Kier molecular flexibility index (Phi) is 7.33. The fourth-order valence-electron chi connectivity index (χ4n) is 4.69. The van der Waals surface area contributed by atoms with Crippen LogP contribution in [0.15, 0.2) is 45.7 Å². The Morgan fingerprint density at radius 1 is 1.31 bits per heavy atom. The Morgan fingerprint density at radius 3 is 2.69 bits per heavy atom. The molecule has 0 atom stereocenters. The minimum atomic E-state index is -0.546. The zero-order valence-electron chi connectivity index (χ0n) is 20.6. The number of aryl methyl sites for hydroxylation is 1. The fourth-order valence-corrected chi connectivity index (χ4v) is 4.82. The first-order chi connectivity index (χ1) is 16.7. The molecule has 0 spiro atoms. The maximum Gasteiger partial charge on any atom is 0.269 e. The highest BCUT2D eigenvalue weighted by Gasteiger charge is 2.25. The van der Waals surface area contributed by atoms with Gasteiger partial charge in [-0.3, -0.25) is 24.4 Å². The third kappa shape index (κ3) is 4.99. The van der Waals surface area contributed by atoms with E-state index in [9.17, 15) is 9.59 Å². The molecule has 0 bridgehead atoms. The summed E-state index contributed by atoms with van der Waals surface area (Å²) in [4.78, 5) is 37.9. The maximum absolute atomic E-state index is 13.6. The SMILES string of the molecule is CCC1=NC(C)=CN/C1=C\C(=N)c1nc2c(C)cc(C3CCN(C)CC3)cn2c(=O)c1C(=O)CCl. The van der Waals surface area contributed by atoms with Crippen molar-refractivity contribution in [3.63, 3.8) is 0 Å². The van der Waals surface area contributed by atoms with Crippen molar-refractivity contribution in [1.29, 1.82) is 5.41 Å². The molecule has 8 nitrogen and oxygen atoms in total. The molecule has 1 saturated heterocycles. The minimum Gasteiger partial charge on any atom is -0.358 e. The van der Waals surface area contributed by atoms with Crippen molar-refractivity contribution in [1.82, 2.24) is 19.6 Å². The van der Waals surface area contributed by atoms with Gasteiger partial charge in [-0.25, -0.2) is 4.98 Å². The number of pyridine rings is 1. The predicted molar refractivity (Wildman–Crippen MR) is 140 cm³/mol. The summed E-state index contributed by atoms with van der Waals surface area (Å²) in [5.41, 5.74) is 3.94. The van der Waals surface area contributed by atoms with E-state index in [1.165, 1.54) is 4.40 Å². The van der Waals surface area contributed by atoms with E-state index in [4.69, 9.17) is 17.0 Å². The van der Waals surface area contributed by atoms with Crippen LogP contribution in [0, 0.1) is 12.3 Å². The zero-order chi connectivity index (χ0) is 25.3. The number of ketones is 1. The molecule has 2 aliphatic rings. The molecule has 9 heteroatoms. The third-order valence-corrected chi connectivity index (χ3v) is 6.90. The second-order valence-electron chi connectivity index (χ2n) is 9.24. The fraction of sp³-hybridized carbons (Fsp3) is 0.423. The van der Waals surface area contributed by atoms with E-state index in [0.29, 0.717) is 23.7 Å². The molecule has 0 amide bonds. The normalized spacial score (nSPS) is 18.4. The van der Waals surface area contributed by atoms with Gasteiger partial charge in [-0.05, 0) is 76.4 Å². The van der Waals surface area contributed by atoms with Crippen molar-refractivity contribution in [2.45, 2.75) is 46.0 Å². The lowest BCUT2D eigenvalue weighted by Gasteiger charge is -2.29. The summed E-state index contributed by atoms with van der Waals surface area (Å²) in [5, 5.41) is 11.9. The van der Waals surface area contributed by atoms with E-state index in [0.717, 1.165) is 48.5 Å². The van der Waals surface area contributed by atoms with Crippen LogP contribution in [-0.4, -0.2) is 57.5 Å². The van der Waals surface area contributed by atoms with Gasteiger partial charge < -0.3 is 10.2 Å². The summed E-state index contributed by atoms with van der Waals surface area (Å²) >= 11 is 5.88. The summed E-state index contributed by atoms with van der Waals surface area (Å²) < 4.78 is 1.45. The van der Waals surface area contributed by atoms with Crippen LogP contribution in [0.4, 0.5) is 0 Å². The molecule has 0 unspecified atom stereocenters. The molecular formula is C26H31ClN6O2. The monoisotopic (exact) mass is 494 g/mol. The number of halogens is 1. The lowest BCUT2D eigenvalue weighted by Crippen LogP contribution is -2.31. The summed E-state index contributed by atoms with van der Waals surface area (Å²) in [5.74, 6) is -0.567. The second kappa shape index (κ2) is 10.3. The van der Waals surface area contributed by atoms with Gasteiger partial charge in [-0.15, -0.1) is 11.6 Å². The predicted octanol–water partition coefficient (Wildman–Crippen LogP) is 3.80. The van der Waals surface area contributed by atoms with Crippen LogP contribution < -0.4 is 10.9 Å². The Bertz CT molecular complexity index is 1350. The Morgan fingerprint density at radius 2 is 2.03 bits per heavy atom. The highest BCUT2D eigenvalue weighted by molar-refractivity contribution is 6.31. The van der Waals surface area contributed by atoms with Crippen LogP contribution in [0.5, 0.6) is 0 Å². The van der Waals surface area contributed by atoms with Crippen molar-refractivity contribution in [2.75, 3.05) is 26.0 Å². The second-order valence-corrected chi connectivity index (χ2v) is 9.51. The zero-order valence-corrected chi connectivity index (χ0v) is 21.4.